The lowest BCUT2D eigenvalue weighted by Crippen LogP contribution is -2.52. The summed E-state index contributed by atoms with van der Waals surface area (Å²) in [6.07, 6.45) is 4.64. The number of carboxylic acids is 1. The molecule has 1 aliphatic heterocycles. The molecule has 0 radical (unpaired) electrons. The molecule has 24 heavy (non-hydrogen) atoms. The number of nitrogens with zero attached hydrogens (tertiary/aromatic N) is 3. The van der Waals surface area contributed by atoms with Crippen LogP contribution in [0, 0.1) is 23.2 Å². The summed E-state index contributed by atoms with van der Waals surface area (Å²) in [6, 6.07) is -1.23. The van der Waals surface area contributed by atoms with Gasteiger partial charge < -0.3 is 15.3 Å². The molecule has 1 aromatic rings. The van der Waals surface area contributed by atoms with Crippen LogP contribution in [0.4, 0.5) is 5.69 Å². The van der Waals surface area contributed by atoms with Crippen molar-refractivity contribution in [3.63, 3.8) is 0 Å². The molecule has 2 heterocycles. The summed E-state index contributed by atoms with van der Waals surface area (Å²) >= 11 is 0. The van der Waals surface area contributed by atoms with Gasteiger partial charge in [-0.1, -0.05) is 27.7 Å². The van der Waals surface area contributed by atoms with Gasteiger partial charge in [0.2, 0.25) is 5.91 Å². The van der Waals surface area contributed by atoms with E-state index in [1.165, 1.54) is 6.33 Å². The molecule has 1 amide bonds. The summed E-state index contributed by atoms with van der Waals surface area (Å²) in [5, 5.41) is 12.8. The van der Waals surface area contributed by atoms with Crippen LogP contribution < -0.4 is 5.32 Å². The first-order valence-electron chi connectivity index (χ1n) is 8.30. The predicted octanol–water partition coefficient (Wildman–Crippen LogP) is 1.48. The highest BCUT2D eigenvalue weighted by molar-refractivity contribution is 5.90. The van der Waals surface area contributed by atoms with Gasteiger partial charge in [0.05, 0.1) is 18.1 Å². The first-order chi connectivity index (χ1) is 11.2. The van der Waals surface area contributed by atoms with E-state index in [9.17, 15) is 14.7 Å². The Labute approximate surface area is 141 Å². The molecular formula is C17H24N4O3. The molecule has 7 nitrogen and oxygen atoms in total. The van der Waals surface area contributed by atoms with Crippen molar-refractivity contribution < 1.29 is 14.7 Å². The van der Waals surface area contributed by atoms with Gasteiger partial charge >= 0.3 is 5.97 Å². The first-order valence-corrected chi connectivity index (χ1v) is 8.30. The second kappa shape index (κ2) is 5.72. The summed E-state index contributed by atoms with van der Waals surface area (Å²) in [5.41, 5.74) is 0.662. The molecule has 0 bridgehead atoms. The minimum absolute atomic E-state index is 0.00780. The van der Waals surface area contributed by atoms with Crippen LogP contribution in [0.25, 0.3) is 0 Å². The van der Waals surface area contributed by atoms with E-state index in [0.717, 1.165) is 0 Å². The topological polar surface area (TPSA) is 95.4 Å². The van der Waals surface area contributed by atoms with Gasteiger partial charge in [-0.15, -0.1) is 0 Å². The molecule has 7 heteroatoms. The fourth-order valence-electron chi connectivity index (χ4n) is 4.04. The predicted molar refractivity (Wildman–Crippen MR) is 88.2 cm³/mol. The highest BCUT2D eigenvalue weighted by Crippen LogP contribution is 2.64. The second-order valence-electron chi connectivity index (χ2n) is 7.72. The maximum absolute atomic E-state index is 13.0. The van der Waals surface area contributed by atoms with Gasteiger partial charge in [-0.25, -0.2) is 14.8 Å². The Hall–Kier alpha value is -2.18. The third-order valence-corrected chi connectivity index (χ3v) is 5.56. The standard InChI is InChI=1S/C17H24N4O3/c1-9(2)13(20-10-5-18-8-19-6-10)15(22)21-7-11-12(17(11,3)4)14(21)16(23)24/h5-6,8-9,11-14,20H,7H2,1-4H3,(H,23,24)/t11-,12-,13-,14-/m0/s1. The fraction of sp³-hybridized carbons (Fsp3) is 0.647. The van der Waals surface area contributed by atoms with E-state index in [2.05, 4.69) is 29.1 Å². The van der Waals surface area contributed by atoms with Crippen LogP contribution in [0.2, 0.25) is 0 Å². The average Bonchev–Trinajstić information content (AvgIpc) is 2.88. The molecular weight excluding hydrogens is 308 g/mol. The molecule has 3 rings (SSSR count). The van der Waals surface area contributed by atoms with Crippen LogP contribution in [0.15, 0.2) is 18.7 Å². The van der Waals surface area contributed by atoms with E-state index in [-0.39, 0.29) is 29.1 Å². The van der Waals surface area contributed by atoms with Crippen molar-refractivity contribution in [1.82, 2.24) is 14.9 Å². The molecule has 2 aliphatic rings. The summed E-state index contributed by atoms with van der Waals surface area (Å²) in [7, 11) is 0. The van der Waals surface area contributed by atoms with Crippen molar-refractivity contribution in [3.8, 4) is 0 Å². The summed E-state index contributed by atoms with van der Waals surface area (Å²) in [6.45, 7) is 8.56. The number of nitrogens with one attached hydrogen (secondary N) is 1. The number of aromatic nitrogens is 2. The number of rotatable bonds is 5. The molecule has 1 aliphatic carbocycles. The highest BCUT2D eigenvalue weighted by Gasteiger charge is 2.69. The van der Waals surface area contributed by atoms with E-state index >= 15 is 0 Å². The van der Waals surface area contributed by atoms with Crippen molar-refractivity contribution in [2.24, 2.45) is 23.2 Å². The fourth-order valence-corrected chi connectivity index (χ4v) is 4.04. The molecule has 1 saturated heterocycles. The number of carboxylic acid groups (broad SMARTS) is 1. The number of hydrogen-bond acceptors (Lipinski definition) is 5. The van der Waals surface area contributed by atoms with Gasteiger partial charge in [0.25, 0.3) is 0 Å². The largest absolute Gasteiger partial charge is 0.480 e. The van der Waals surface area contributed by atoms with E-state index in [1.54, 1.807) is 17.3 Å². The van der Waals surface area contributed by atoms with Crippen molar-refractivity contribution in [1.29, 1.82) is 0 Å². The number of carbonyl (C=O) groups is 2. The molecule has 0 spiro atoms. The lowest BCUT2D eigenvalue weighted by atomic mass is 9.98. The maximum Gasteiger partial charge on any atom is 0.326 e. The average molecular weight is 332 g/mol. The minimum Gasteiger partial charge on any atom is -0.480 e. The molecule has 2 N–H and O–H groups in total. The molecule has 0 aromatic carbocycles. The van der Waals surface area contributed by atoms with E-state index in [4.69, 9.17) is 0 Å². The normalized spacial score (nSPS) is 28.4. The van der Waals surface area contributed by atoms with E-state index in [1.807, 2.05) is 13.8 Å². The Morgan fingerprint density at radius 3 is 2.50 bits per heavy atom. The van der Waals surface area contributed by atoms with E-state index in [0.29, 0.717) is 12.2 Å². The molecule has 130 valence electrons. The summed E-state index contributed by atoms with van der Waals surface area (Å²) < 4.78 is 0. The number of hydrogen-bond donors (Lipinski definition) is 2. The van der Waals surface area contributed by atoms with Crippen molar-refractivity contribution >= 4 is 17.6 Å². The molecule has 1 aromatic heterocycles. The van der Waals surface area contributed by atoms with Gasteiger partial charge in [0.1, 0.15) is 18.4 Å². The van der Waals surface area contributed by atoms with Gasteiger partial charge in [-0.05, 0) is 17.3 Å². The highest BCUT2D eigenvalue weighted by atomic mass is 16.4. The maximum atomic E-state index is 13.0. The van der Waals surface area contributed by atoms with Crippen LogP contribution in [-0.4, -0.2) is 50.5 Å². The monoisotopic (exact) mass is 332 g/mol. The lowest BCUT2D eigenvalue weighted by Gasteiger charge is -2.33. The molecule has 1 saturated carbocycles. The molecule has 4 atom stereocenters. The van der Waals surface area contributed by atoms with Crippen molar-refractivity contribution in [2.45, 2.75) is 39.8 Å². The van der Waals surface area contributed by atoms with Gasteiger partial charge in [-0.2, -0.15) is 0 Å². The summed E-state index contributed by atoms with van der Waals surface area (Å²) in [5.74, 6) is -0.740. The Balaban J connectivity index is 1.79. The number of piperidine rings is 1. The zero-order valence-corrected chi connectivity index (χ0v) is 14.4. The smallest absolute Gasteiger partial charge is 0.326 e. The first kappa shape index (κ1) is 16.7. The molecule has 0 unspecified atom stereocenters. The zero-order valence-electron chi connectivity index (χ0n) is 14.4. The van der Waals surface area contributed by atoms with Crippen molar-refractivity contribution in [3.05, 3.63) is 18.7 Å². The number of amides is 1. The Morgan fingerprint density at radius 1 is 1.33 bits per heavy atom. The number of anilines is 1. The zero-order chi connectivity index (χ0) is 17.6. The quantitative estimate of drug-likeness (QED) is 0.848. The SMILES string of the molecule is CC(C)[C@H](Nc1cncnc1)C(=O)N1C[C@H]2[C@@H]([C@H]1C(=O)O)C2(C)C. The Bertz CT molecular complexity index is 646. The number of carbonyl (C=O) groups excluding carboxylic acids is 1. The molecule has 2 fully saturated rings. The van der Waals surface area contributed by atoms with Crippen LogP contribution in [0.3, 0.4) is 0 Å². The van der Waals surface area contributed by atoms with Crippen molar-refractivity contribution in [2.75, 3.05) is 11.9 Å². The van der Waals surface area contributed by atoms with E-state index < -0.39 is 18.1 Å². The lowest BCUT2D eigenvalue weighted by molar-refractivity contribution is -0.151. The third kappa shape index (κ3) is 2.61. The second-order valence-corrected chi connectivity index (χ2v) is 7.72. The minimum atomic E-state index is -0.910. The number of likely N-dealkylation sites (tertiary alicyclic amines) is 1. The summed E-state index contributed by atoms with van der Waals surface area (Å²) in [4.78, 5) is 34.2. The Morgan fingerprint density at radius 2 is 1.96 bits per heavy atom. The van der Waals surface area contributed by atoms with Gasteiger partial charge in [0, 0.05) is 12.5 Å². The van der Waals surface area contributed by atoms with Crippen LogP contribution in [0.1, 0.15) is 27.7 Å². The third-order valence-electron chi connectivity index (χ3n) is 5.56. The van der Waals surface area contributed by atoms with Gasteiger partial charge in [-0.3, -0.25) is 4.79 Å². The van der Waals surface area contributed by atoms with Crippen LogP contribution in [0.5, 0.6) is 0 Å². The van der Waals surface area contributed by atoms with Gasteiger partial charge in [0.15, 0.2) is 0 Å². The van der Waals surface area contributed by atoms with Crippen LogP contribution >= 0.6 is 0 Å². The number of aliphatic carboxylic acids is 1. The number of fused-ring (bicyclic) bond motifs is 1. The Kier molecular flexibility index (Phi) is 3.97. The van der Waals surface area contributed by atoms with Crippen LogP contribution in [-0.2, 0) is 9.59 Å².